The fourth-order valence-electron chi connectivity index (χ4n) is 1.54. The molecule has 16 heavy (non-hydrogen) atoms. The van der Waals surface area contributed by atoms with Crippen LogP contribution in [-0.4, -0.2) is 14.8 Å². The fourth-order valence-corrected chi connectivity index (χ4v) is 2.35. The third-order valence-electron chi connectivity index (χ3n) is 2.40. The fraction of sp³-hybridized carbons (Fsp3) is 0.455. The van der Waals surface area contributed by atoms with E-state index in [1.165, 1.54) is 0 Å². The van der Waals surface area contributed by atoms with Crippen LogP contribution in [0.5, 0.6) is 0 Å². The minimum atomic E-state index is 0.926. The molecule has 0 spiro atoms. The Kier molecular flexibility index (Phi) is 3.24. The van der Waals surface area contributed by atoms with E-state index in [2.05, 4.69) is 34.6 Å². The van der Waals surface area contributed by atoms with Crippen molar-refractivity contribution in [1.29, 1.82) is 0 Å². The molecule has 2 rings (SSSR count). The highest BCUT2D eigenvalue weighted by molar-refractivity contribution is 7.13. The van der Waals surface area contributed by atoms with Gasteiger partial charge < -0.3 is 5.32 Å². The molecule has 0 radical (unpaired) electrons. The van der Waals surface area contributed by atoms with Crippen molar-refractivity contribution in [2.45, 2.75) is 26.7 Å². The predicted molar refractivity (Wildman–Crippen MR) is 67.4 cm³/mol. The van der Waals surface area contributed by atoms with Gasteiger partial charge in [0.2, 0.25) is 0 Å². The maximum absolute atomic E-state index is 4.48. The van der Waals surface area contributed by atoms with Crippen molar-refractivity contribution in [1.82, 2.24) is 14.8 Å². The molecule has 0 saturated heterocycles. The van der Waals surface area contributed by atoms with Gasteiger partial charge in [0.25, 0.3) is 0 Å². The summed E-state index contributed by atoms with van der Waals surface area (Å²) in [4.78, 5) is 4.48. The van der Waals surface area contributed by atoms with Crippen LogP contribution in [0.2, 0.25) is 0 Å². The molecule has 0 aliphatic rings. The molecule has 0 amide bonds. The standard InChI is InChI=1S/C11H16N4S/c1-4-8-7-16-11(12-8)13-10-6-15(3)14-9(10)5-2/h6-7H,4-5H2,1-3H3,(H,12,13). The number of hydrogen-bond donors (Lipinski definition) is 1. The van der Waals surface area contributed by atoms with E-state index in [0.717, 1.165) is 35.0 Å². The van der Waals surface area contributed by atoms with Gasteiger partial charge in [-0.2, -0.15) is 5.10 Å². The van der Waals surface area contributed by atoms with Crippen LogP contribution in [0.25, 0.3) is 0 Å². The molecule has 2 aromatic rings. The second-order valence-electron chi connectivity index (χ2n) is 3.64. The molecule has 0 aliphatic carbocycles. The van der Waals surface area contributed by atoms with Crippen molar-refractivity contribution in [2.24, 2.45) is 7.05 Å². The number of nitrogens with one attached hydrogen (secondary N) is 1. The van der Waals surface area contributed by atoms with Gasteiger partial charge >= 0.3 is 0 Å². The summed E-state index contributed by atoms with van der Waals surface area (Å²) in [5.74, 6) is 0. The van der Waals surface area contributed by atoms with Crippen LogP contribution in [0, 0.1) is 0 Å². The second kappa shape index (κ2) is 4.65. The van der Waals surface area contributed by atoms with Gasteiger partial charge in [0, 0.05) is 18.6 Å². The van der Waals surface area contributed by atoms with Crippen LogP contribution >= 0.6 is 11.3 Å². The van der Waals surface area contributed by atoms with E-state index < -0.39 is 0 Å². The SMILES string of the molecule is CCc1csc(Nc2cn(C)nc2CC)n1. The lowest BCUT2D eigenvalue weighted by Gasteiger charge is -2.00. The molecule has 0 aromatic carbocycles. The largest absolute Gasteiger partial charge is 0.329 e. The number of nitrogens with zero attached hydrogens (tertiary/aromatic N) is 3. The Bertz CT molecular complexity index is 472. The molecule has 0 saturated carbocycles. The first-order valence-electron chi connectivity index (χ1n) is 5.46. The number of hydrogen-bond acceptors (Lipinski definition) is 4. The zero-order chi connectivity index (χ0) is 11.5. The Hall–Kier alpha value is -1.36. The molecule has 0 atom stereocenters. The molecule has 4 nitrogen and oxygen atoms in total. The zero-order valence-electron chi connectivity index (χ0n) is 9.82. The zero-order valence-corrected chi connectivity index (χ0v) is 10.6. The van der Waals surface area contributed by atoms with Crippen LogP contribution in [0.4, 0.5) is 10.8 Å². The van der Waals surface area contributed by atoms with Crippen molar-refractivity contribution in [3.63, 3.8) is 0 Å². The van der Waals surface area contributed by atoms with E-state index in [4.69, 9.17) is 0 Å². The molecule has 1 N–H and O–H groups in total. The highest BCUT2D eigenvalue weighted by atomic mass is 32.1. The summed E-state index contributed by atoms with van der Waals surface area (Å²) in [6.07, 6.45) is 3.90. The van der Waals surface area contributed by atoms with Crippen molar-refractivity contribution in [3.05, 3.63) is 23.0 Å². The first-order valence-corrected chi connectivity index (χ1v) is 6.34. The third kappa shape index (κ3) is 2.24. The summed E-state index contributed by atoms with van der Waals surface area (Å²) >= 11 is 1.64. The van der Waals surface area contributed by atoms with Crippen LogP contribution in [0.1, 0.15) is 25.2 Å². The molecule has 2 aromatic heterocycles. The average molecular weight is 236 g/mol. The topological polar surface area (TPSA) is 42.7 Å². The van der Waals surface area contributed by atoms with Gasteiger partial charge in [-0.15, -0.1) is 11.3 Å². The Morgan fingerprint density at radius 2 is 2.19 bits per heavy atom. The maximum atomic E-state index is 4.48. The lowest BCUT2D eigenvalue weighted by molar-refractivity contribution is 0.746. The molecule has 0 bridgehead atoms. The van der Waals surface area contributed by atoms with Gasteiger partial charge in [0.1, 0.15) is 0 Å². The van der Waals surface area contributed by atoms with E-state index in [-0.39, 0.29) is 0 Å². The third-order valence-corrected chi connectivity index (χ3v) is 3.20. The van der Waals surface area contributed by atoms with Crippen LogP contribution in [-0.2, 0) is 19.9 Å². The summed E-state index contributed by atoms with van der Waals surface area (Å²) in [5, 5.41) is 10.7. The van der Waals surface area contributed by atoms with Crippen molar-refractivity contribution in [3.8, 4) is 0 Å². The van der Waals surface area contributed by atoms with Gasteiger partial charge in [-0.25, -0.2) is 4.98 Å². The number of aryl methyl sites for hydroxylation is 3. The van der Waals surface area contributed by atoms with E-state index in [1.807, 2.05) is 17.9 Å². The Morgan fingerprint density at radius 3 is 2.81 bits per heavy atom. The Morgan fingerprint density at radius 1 is 1.38 bits per heavy atom. The molecular formula is C11H16N4S. The highest BCUT2D eigenvalue weighted by Gasteiger charge is 2.07. The van der Waals surface area contributed by atoms with Gasteiger partial charge in [-0.3, -0.25) is 4.68 Å². The van der Waals surface area contributed by atoms with E-state index in [0.29, 0.717) is 0 Å². The van der Waals surface area contributed by atoms with E-state index in [9.17, 15) is 0 Å². The minimum absolute atomic E-state index is 0.926. The molecule has 0 unspecified atom stereocenters. The summed E-state index contributed by atoms with van der Waals surface area (Å²) in [7, 11) is 1.93. The van der Waals surface area contributed by atoms with E-state index >= 15 is 0 Å². The number of rotatable bonds is 4. The molecule has 2 heterocycles. The quantitative estimate of drug-likeness (QED) is 0.887. The summed E-state index contributed by atoms with van der Waals surface area (Å²) < 4.78 is 1.83. The van der Waals surface area contributed by atoms with Gasteiger partial charge in [-0.1, -0.05) is 13.8 Å². The molecular weight excluding hydrogens is 220 g/mol. The van der Waals surface area contributed by atoms with Crippen molar-refractivity contribution >= 4 is 22.2 Å². The molecule has 0 aliphatic heterocycles. The molecule has 5 heteroatoms. The monoisotopic (exact) mass is 236 g/mol. The lowest BCUT2D eigenvalue weighted by Crippen LogP contribution is -1.93. The first-order chi connectivity index (χ1) is 7.72. The summed E-state index contributed by atoms with van der Waals surface area (Å²) in [6.45, 7) is 4.22. The highest BCUT2D eigenvalue weighted by Crippen LogP contribution is 2.23. The Labute approximate surface area is 99.3 Å². The van der Waals surface area contributed by atoms with Crippen LogP contribution < -0.4 is 5.32 Å². The Balaban J connectivity index is 2.19. The first kappa shape index (κ1) is 11.1. The normalized spacial score (nSPS) is 10.7. The number of aromatic nitrogens is 3. The second-order valence-corrected chi connectivity index (χ2v) is 4.50. The lowest BCUT2D eigenvalue weighted by atomic mass is 10.3. The average Bonchev–Trinajstić information content (AvgIpc) is 2.85. The van der Waals surface area contributed by atoms with Gasteiger partial charge in [-0.05, 0) is 12.8 Å². The van der Waals surface area contributed by atoms with Gasteiger partial charge in [0.05, 0.1) is 17.1 Å². The predicted octanol–water partition coefficient (Wildman–Crippen LogP) is 2.75. The van der Waals surface area contributed by atoms with Crippen molar-refractivity contribution in [2.75, 3.05) is 5.32 Å². The van der Waals surface area contributed by atoms with Crippen LogP contribution in [0.15, 0.2) is 11.6 Å². The molecule has 0 fully saturated rings. The number of anilines is 2. The maximum Gasteiger partial charge on any atom is 0.187 e. The van der Waals surface area contributed by atoms with E-state index in [1.54, 1.807) is 11.3 Å². The summed E-state index contributed by atoms with van der Waals surface area (Å²) in [6, 6.07) is 0. The number of thiazole rings is 1. The van der Waals surface area contributed by atoms with Gasteiger partial charge in [0.15, 0.2) is 5.13 Å². The van der Waals surface area contributed by atoms with Crippen LogP contribution in [0.3, 0.4) is 0 Å². The smallest absolute Gasteiger partial charge is 0.187 e. The molecule has 86 valence electrons. The van der Waals surface area contributed by atoms with Crippen molar-refractivity contribution < 1.29 is 0 Å². The summed E-state index contributed by atoms with van der Waals surface area (Å²) in [5.41, 5.74) is 3.27. The minimum Gasteiger partial charge on any atom is -0.329 e.